The topological polar surface area (TPSA) is 57.8 Å². The highest BCUT2D eigenvalue weighted by Gasteiger charge is 2.22. The molecule has 26 heavy (non-hydrogen) atoms. The number of nitrogens with zero attached hydrogens (tertiary/aromatic N) is 2. The summed E-state index contributed by atoms with van der Waals surface area (Å²) in [5.74, 6) is 0.677. The van der Waals surface area contributed by atoms with Crippen LogP contribution in [0.2, 0.25) is 0 Å². The van der Waals surface area contributed by atoms with Gasteiger partial charge in [-0.15, -0.1) is 0 Å². The van der Waals surface area contributed by atoms with E-state index in [4.69, 9.17) is 4.42 Å². The summed E-state index contributed by atoms with van der Waals surface area (Å²) in [5.41, 5.74) is 4.46. The van der Waals surface area contributed by atoms with Crippen LogP contribution >= 0.6 is 0 Å². The van der Waals surface area contributed by atoms with Gasteiger partial charge >= 0.3 is 0 Å². The molecule has 0 bridgehead atoms. The van der Waals surface area contributed by atoms with E-state index in [9.17, 15) is 4.79 Å². The van der Waals surface area contributed by atoms with E-state index in [0.717, 1.165) is 17.0 Å². The maximum atomic E-state index is 12.8. The van der Waals surface area contributed by atoms with Gasteiger partial charge in [-0.3, -0.25) is 4.79 Å². The number of rotatable bonds is 6. The molecule has 0 aliphatic heterocycles. The Balaban J connectivity index is 1.76. The van der Waals surface area contributed by atoms with Crippen molar-refractivity contribution in [3.05, 3.63) is 89.7 Å². The Kier molecular flexibility index (Phi) is 5.49. The Morgan fingerprint density at radius 2 is 1.54 bits per heavy atom. The first-order chi connectivity index (χ1) is 12.6. The summed E-state index contributed by atoms with van der Waals surface area (Å²) >= 11 is 0. The molecule has 132 valence electrons. The lowest BCUT2D eigenvalue weighted by atomic mass is 9.91. The van der Waals surface area contributed by atoms with Gasteiger partial charge in [-0.1, -0.05) is 60.7 Å². The number of hydrogen-bond acceptors (Lipinski definition) is 4. The van der Waals surface area contributed by atoms with Crippen LogP contribution in [0, 0.1) is 0 Å². The summed E-state index contributed by atoms with van der Waals surface area (Å²) in [6.07, 6.45) is 1.50. The highest BCUT2D eigenvalue weighted by Crippen LogP contribution is 2.24. The Morgan fingerprint density at radius 3 is 2.04 bits per heavy atom. The van der Waals surface area contributed by atoms with Crippen molar-refractivity contribution >= 4 is 18.0 Å². The number of anilines is 1. The minimum Gasteiger partial charge on any atom is -0.440 e. The van der Waals surface area contributed by atoms with E-state index in [2.05, 4.69) is 10.5 Å². The van der Waals surface area contributed by atoms with E-state index in [1.54, 1.807) is 6.07 Å². The predicted octanol–water partition coefficient (Wildman–Crippen LogP) is 3.63. The smallest absolute Gasteiger partial charge is 0.252 e. The molecule has 0 aliphatic rings. The molecule has 0 spiro atoms. The van der Waals surface area contributed by atoms with Crippen LogP contribution in [0.4, 0.5) is 5.88 Å². The van der Waals surface area contributed by atoms with Crippen molar-refractivity contribution in [1.82, 2.24) is 5.43 Å². The molecule has 0 fully saturated rings. The van der Waals surface area contributed by atoms with Crippen molar-refractivity contribution in [3.63, 3.8) is 0 Å². The third kappa shape index (κ3) is 4.19. The van der Waals surface area contributed by atoms with Gasteiger partial charge in [0, 0.05) is 20.2 Å². The van der Waals surface area contributed by atoms with Gasteiger partial charge in [-0.25, -0.2) is 5.43 Å². The second kappa shape index (κ2) is 8.16. The monoisotopic (exact) mass is 347 g/mol. The van der Waals surface area contributed by atoms with Gasteiger partial charge < -0.3 is 9.32 Å². The molecule has 0 aliphatic carbocycles. The van der Waals surface area contributed by atoms with E-state index in [-0.39, 0.29) is 5.91 Å². The molecule has 3 rings (SSSR count). The zero-order chi connectivity index (χ0) is 18.4. The van der Waals surface area contributed by atoms with Crippen LogP contribution in [0.5, 0.6) is 0 Å². The molecular weight excluding hydrogens is 326 g/mol. The molecule has 0 atom stereocenters. The van der Waals surface area contributed by atoms with Crippen molar-refractivity contribution in [3.8, 4) is 0 Å². The number of benzene rings is 2. The molecule has 0 radical (unpaired) electrons. The van der Waals surface area contributed by atoms with Gasteiger partial charge in [-0.05, 0) is 17.2 Å². The van der Waals surface area contributed by atoms with Gasteiger partial charge in [0.2, 0.25) is 0 Å². The Hall–Kier alpha value is -3.34. The van der Waals surface area contributed by atoms with Crippen LogP contribution in [-0.2, 0) is 4.79 Å². The lowest BCUT2D eigenvalue weighted by Crippen LogP contribution is -2.26. The van der Waals surface area contributed by atoms with Crippen LogP contribution in [0.15, 0.2) is 82.3 Å². The first-order valence-electron chi connectivity index (χ1n) is 8.35. The van der Waals surface area contributed by atoms with Crippen molar-refractivity contribution in [2.24, 2.45) is 5.10 Å². The summed E-state index contributed by atoms with van der Waals surface area (Å²) in [7, 11) is 3.79. The Labute approximate surface area is 153 Å². The minimum absolute atomic E-state index is 0.196. The SMILES string of the molecule is CN(C)c1ccc(/C=N\NC(=O)C(c2ccccc2)c2ccccc2)o1. The van der Waals surface area contributed by atoms with Crippen LogP contribution in [0.1, 0.15) is 22.8 Å². The van der Waals surface area contributed by atoms with Gasteiger partial charge in [-0.2, -0.15) is 5.10 Å². The average molecular weight is 347 g/mol. The molecule has 1 heterocycles. The first kappa shape index (κ1) is 17.5. The number of hydrazone groups is 1. The fourth-order valence-corrected chi connectivity index (χ4v) is 2.66. The third-order valence-electron chi connectivity index (χ3n) is 3.95. The molecule has 0 saturated heterocycles. The highest BCUT2D eigenvalue weighted by atomic mass is 16.4. The van der Waals surface area contributed by atoms with Crippen LogP contribution in [-0.4, -0.2) is 26.2 Å². The summed E-state index contributed by atoms with van der Waals surface area (Å²) in [6, 6.07) is 23.0. The van der Waals surface area contributed by atoms with Gasteiger partial charge in [0.15, 0.2) is 5.88 Å². The molecule has 3 aromatic rings. The molecule has 1 amide bonds. The van der Waals surface area contributed by atoms with Gasteiger partial charge in [0.05, 0.1) is 12.1 Å². The van der Waals surface area contributed by atoms with Crippen LogP contribution in [0.25, 0.3) is 0 Å². The van der Waals surface area contributed by atoms with Gasteiger partial charge in [0.1, 0.15) is 5.76 Å². The summed E-state index contributed by atoms with van der Waals surface area (Å²) in [5, 5.41) is 4.05. The fraction of sp³-hybridized carbons (Fsp3) is 0.143. The lowest BCUT2D eigenvalue weighted by Gasteiger charge is -2.16. The van der Waals surface area contributed by atoms with Crippen molar-refractivity contribution in [1.29, 1.82) is 0 Å². The summed E-state index contributed by atoms with van der Waals surface area (Å²) < 4.78 is 5.58. The molecule has 0 unspecified atom stereocenters. The fourth-order valence-electron chi connectivity index (χ4n) is 2.66. The molecular formula is C21H21N3O2. The van der Waals surface area contributed by atoms with Crippen molar-refractivity contribution in [2.75, 3.05) is 19.0 Å². The second-order valence-electron chi connectivity index (χ2n) is 6.06. The Morgan fingerprint density at radius 1 is 0.962 bits per heavy atom. The molecule has 0 saturated carbocycles. The molecule has 5 heteroatoms. The molecule has 2 aromatic carbocycles. The van der Waals surface area contributed by atoms with E-state index in [1.165, 1.54) is 6.21 Å². The lowest BCUT2D eigenvalue weighted by molar-refractivity contribution is -0.121. The maximum absolute atomic E-state index is 12.8. The largest absolute Gasteiger partial charge is 0.440 e. The van der Waals surface area contributed by atoms with E-state index >= 15 is 0 Å². The number of hydrogen-bond donors (Lipinski definition) is 1. The first-order valence-corrected chi connectivity index (χ1v) is 8.35. The van der Waals surface area contributed by atoms with E-state index in [0.29, 0.717) is 5.76 Å². The zero-order valence-corrected chi connectivity index (χ0v) is 14.8. The third-order valence-corrected chi connectivity index (χ3v) is 3.95. The number of amides is 1. The van der Waals surface area contributed by atoms with E-state index < -0.39 is 5.92 Å². The molecule has 1 N–H and O–H groups in total. The predicted molar refractivity (Wildman–Crippen MR) is 103 cm³/mol. The summed E-state index contributed by atoms with van der Waals surface area (Å²) in [6.45, 7) is 0. The number of carbonyl (C=O) groups is 1. The van der Waals surface area contributed by atoms with Crippen LogP contribution < -0.4 is 10.3 Å². The van der Waals surface area contributed by atoms with E-state index in [1.807, 2.05) is 85.7 Å². The minimum atomic E-state index is -0.427. The highest BCUT2D eigenvalue weighted by molar-refractivity contribution is 5.88. The molecule has 5 nitrogen and oxygen atoms in total. The maximum Gasteiger partial charge on any atom is 0.252 e. The standard InChI is InChI=1S/C21H21N3O2/c1-24(2)19-14-13-18(26-19)15-22-23-21(25)20(16-9-5-3-6-10-16)17-11-7-4-8-12-17/h3-15,20H,1-2H3,(H,23,25)/b22-15-. The average Bonchev–Trinajstić information content (AvgIpc) is 3.13. The summed E-state index contributed by atoms with van der Waals surface area (Å²) in [4.78, 5) is 14.6. The van der Waals surface area contributed by atoms with Crippen molar-refractivity contribution < 1.29 is 9.21 Å². The number of carbonyl (C=O) groups excluding carboxylic acids is 1. The second-order valence-corrected chi connectivity index (χ2v) is 6.06. The quantitative estimate of drug-likeness (QED) is 0.547. The normalized spacial score (nSPS) is 11.0. The Bertz CT molecular complexity index is 831. The number of furan rings is 1. The number of nitrogens with one attached hydrogen (secondary N) is 1. The zero-order valence-electron chi connectivity index (χ0n) is 14.8. The molecule has 1 aromatic heterocycles. The van der Waals surface area contributed by atoms with Crippen LogP contribution in [0.3, 0.4) is 0 Å². The van der Waals surface area contributed by atoms with Gasteiger partial charge in [0.25, 0.3) is 5.91 Å². The van der Waals surface area contributed by atoms with Crippen molar-refractivity contribution in [2.45, 2.75) is 5.92 Å².